The van der Waals surface area contributed by atoms with E-state index in [4.69, 9.17) is 16.6 Å². The lowest BCUT2D eigenvalue weighted by Gasteiger charge is -2.06. The van der Waals surface area contributed by atoms with Gasteiger partial charge in [0, 0.05) is 17.5 Å². The fraction of sp³-hybridized carbons (Fsp3) is 0.389. The van der Waals surface area contributed by atoms with E-state index in [0.29, 0.717) is 17.7 Å². The molecular weight excluding hydrogens is 336 g/mol. The molecule has 25 heavy (non-hydrogen) atoms. The number of nitrogens with one attached hydrogen (secondary N) is 2. The van der Waals surface area contributed by atoms with E-state index in [1.165, 1.54) is 17.5 Å². The molecule has 1 aliphatic rings. The van der Waals surface area contributed by atoms with Crippen molar-refractivity contribution >= 4 is 29.1 Å². The van der Waals surface area contributed by atoms with E-state index in [1.807, 2.05) is 11.5 Å². The fourth-order valence-electron chi connectivity index (χ4n) is 3.51. The van der Waals surface area contributed by atoms with Crippen molar-refractivity contribution in [1.82, 2.24) is 20.1 Å². The Morgan fingerprint density at radius 3 is 3.00 bits per heavy atom. The van der Waals surface area contributed by atoms with Crippen molar-refractivity contribution < 1.29 is 9.21 Å². The van der Waals surface area contributed by atoms with Gasteiger partial charge in [-0.05, 0) is 61.7 Å². The first-order valence-electron chi connectivity index (χ1n) is 8.58. The Hall–Kier alpha value is -2.41. The van der Waals surface area contributed by atoms with Gasteiger partial charge in [-0.2, -0.15) is 5.10 Å². The second kappa shape index (κ2) is 6.48. The zero-order chi connectivity index (χ0) is 17.4. The quantitative estimate of drug-likeness (QED) is 0.689. The average molecular weight is 356 g/mol. The molecule has 0 fully saturated rings. The molecule has 1 amide bonds. The molecule has 1 aromatic carbocycles. The topological polar surface area (TPSA) is 75.8 Å². The molecule has 130 valence electrons. The largest absolute Gasteiger partial charge is 0.464 e. The number of aromatic amines is 1. The van der Waals surface area contributed by atoms with Crippen LogP contribution in [0.3, 0.4) is 0 Å². The molecule has 0 saturated carbocycles. The summed E-state index contributed by atoms with van der Waals surface area (Å²) >= 11 is 5.16. The minimum atomic E-state index is -0.0558. The van der Waals surface area contributed by atoms with Gasteiger partial charge in [0.25, 0.3) is 0 Å². The van der Waals surface area contributed by atoms with Crippen LogP contribution in [0.25, 0.3) is 11.0 Å². The van der Waals surface area contributed by atoms with Gasteiger partial charge in [-0.15, -0.1) is 0 Å². The lowest BCUT2D eigenvalue weighted by Crippen LogP contribution is -2.26. The van der Waals surface area contributed by atoms with Crippen LogP contribution in [0.1, 0.15) is 35.9 Å². The van der Waals surface area contributed by atoms with E-state index in [9.17, 15) is 4.79 Å². The Kier molecular flexibility index (Phi) is 4.17. The Bertz CT molecular complexity index is 998. The highest BCUT2D eigenvalue weighted by Crippen LogP contribution is 2.30. The lowest BCUT2D eigenvalue weighted by molar-refractivity contribution is -0.120. The molecular formula is C18H20N4O2S. The summed E-state index contributed by atoms with van der Waals surface area (Å²) in [6.45, 7) is 3.07. The second-order valence-corrected chi connectivity index (χ2v) is 6.76. The van der Waals surface area contributed by atoms with Crippen LogP contribution in [0, 0.1) is 4.77 Å². The summed E-state index contributed by atoms with van der Waals surface area (Å²) in [4.78, 5) is 12.3. The van der Waals surface area contributed by atoms with Crippen molar-refractivity contribution in [1.29, 1.82) is 0 Å². The zero-order valence-corrected chi connectivity index (χ0v) is 14.9. The van der Waals surface area contributed by atoms with Gasteiger partial charge in [0.15, 0.2) is 10.6 Å². The molecule has 0 unspecified atom stereocenters. The number of carbonyl (C=O) groups excluding carboxylic acids is 1. The first-order valence-corrected chi connectivity index (χ1v) is 8.99. The number of hydrogen-bond donors (Lipinski definition) is 2. The molecule has 0 saturated heterocycles. The van der Waals surface area contributed by atoms with Gasteiger partial charge >= 0.3 is 0 Å². The summed E-state index contributed by atoms with van der Waals surface area (Å²) in [5.41, 5.74) is 4.56. The first-order chi connectivity index (χ1) is 12.2. The van der Waals surface area contributed by atoms with Crippen molar-refractivity contribution in [2.75, 3.05) is 0 Å². The summed E-state index contributed by atoms with van der Waals surface area (Å²) in [5, 5.41) is 10.9. The van der Waals surface area contributed by atoms with Crippen molar-refractivity contribution in [3.05, 3.63) is 45.7 Å². The van der Waals surface area contributed by atoms with Gasteiger partial charge in [-0.25, -0.2) is 0 Å². The highest BCUT2D eigenvalue weighted by molar-refractivity contribution is 7.71. The normalized spacial score (nSPS) is 13.3. The van der Waals surface area contributed by atoms with Crippen molar-refractivity contribution in [3.63, 3.8) is 0 Å². The molecule has 2 aromatic heterocycles. The number of nitrogens with zero attached hydrogens (tertiary/aromatic N) is 2. The molecule has 1 aliphatic carbocycles. The monoisotopic (exact) mass is 356 g/mol. The van der Waals surface area contributed by atoms with Gasteiger partial charge < -0.3 is 14.3 Å². The van der Waals surface area contributed by atoms with E-state index in [1.54, 1.807) is 6.26 Å². The van der Waals surface area contributed by atoms with E-state index < -0.39 is 0 Å². The molecule has 0 bridgehead atoms. The molecule has 4 rings (SSSR count). The number of aryl methyl sites for hydroxylation is 2. The Morgan fingerprint density at radius 2 is 2.20 bits per heavy atom. The molecule has 0 radical (unpaired) electrons. The van der Waals surface area contributed by atoms with Crippen molar-refractivity contribution in [2.24, 2.45) is 0 Å². The number of benzene rings is 1. The van der Waals surface area contributed by atoms with Crippen molar-refractivity contribution in [3.8, 4) is 0 Å². The summed E-state index contributed by atoms with van der Waals surface area (Å²) < 4.78 is 8.10. The van der Waals surface area contributed by atoms with E-state index >= 15 is 0 Å². The molecule has 7 heteroatoms. The zero-order valence-electron chi connectivity index (χ0n) is 14.1. The summed E-state index contributed by atoms with van der Waals surface area (Å²) in [5.74, 6) is 0.676. The first kappa shape index (κ1) is 16.1. The number of fused-ring (bicyclic) bond motifs is 2. The van der Waals surface area contributed by atoms with E-state index in [2.05, 4.69) is 27.6 Å². The summed E-state index contributed by atoms with van der Waals surface area (Å²) in [6, 6.07) is 4.31. The minimum Gasteiger partial charge on any atom is -0.464 e. The van der Waals surface area contributed by atoms with E-state index in [-0.39, 0.29) is 5.91 Å². The van der Waals surface area contributed by atoms with Crippen molar-refractivity contribution in [2.45, 2.75) is 45.7 Å². The van der Waals surface area contributed by atoms with Gasteiger partial charge in [0.05, 0.1) is 19.2 Å². The van der Waals surface area contributed by atoms with Crippen LogP contribution in [0.4, 0.5) is 0 Å². The third-order valence-corrected chi connectivity index (χ3v) is 5.13. The van der Waals surface area contributed by atoms with Crippen LogP contribution >= 0.6 is 12.2 Å². The number of furan rings is 1. The van der Waals surface area contributed by atoms with Gasteiger partial charge in [-0.3, -0.25) is 9.89 Å². The number of aromatic nitrogens is 3. The number of hydrogen-bond acceptors (Lipinski definition) is 4. The predicted octanol–water partition coefficient (Wildman–Crippen LogP) is 3.05. The molecule has 0 aliphatic heterocycles. The Labute approximate surface area is 150 Å². The number of H-pyrrole nitrogens is 1. The van der Waals surface area contributed by atoms with Crippen LogP contribution in [0.5, 0.6) is 0 Å². The fourth-order valence-corrected chi connectivity index (χ4v) is 3.79. The minimum absolute atomic E-state index is 0.0558. The molecule has 3 aromatic rings. The second-order valence-electron chi connectivity index (χ2n) is 6.37. The summed E-state index contributed by atoms with van der Waals surface area (Å²) in [6.07, 6.45) is 5.42. The van der Waals surface area contributed by atoms with Crippen LogP contribution in [0.15, 0.2) is 22.8 Å². The third kappa shape index (κ3) is 3.00. The summed E-state index contributed by atoms with van der Waals surface area (Å²) in [7, 11) is 0. The number of rotatable bonds is 5. The van der Waals surface area contributed by atoms with Gasteiger partial charge in [0.2, 0.25) is 5.91 Å². The molecule has 2 N–H and O–H groups in total. The average Bonchev–Trinajstić information content (AvgIpc) is 3.30. The predicted molar refractivity (Wildman–Crippen MR) is 96.9 cm³/mol. The van der Waals surface area contributed by atoms with E-state index in [0.717, 1.165) is 41.7 Å². The highest BCUT2D eigenvalue weighted by Gasteiger charge is 2.17. The number of carbonyl (C=O) groups is 1. The Morgan fingerprint density at radius 1 is 1.40 bits per heavy atom. The standard InChI is InChI=1S/C18H20N4O2S/c1-2-22-16(20-21-18(22)25)9-19-17(23)8-13-10-24-15-7-12-5-3-4-11(12)6-14(13)15/h6-7,10H,2-5,8-9H2,1H3,(H,19,23)(H,21,25). The molecule has 0 atom stereocenters. The molecule has 2 heterocycles. The molecule has 0 spiro atoms. The van der Waals surface area contributed by atoms with Crippen LogP contribution < -0.4 is 5.32 Å². The maximum atomic E-state index is 12.3. The van der Waals surface area contributed by atoms with Crippen LogP contribution in [0.2, 0.25) is 0 Å². The van der Waals surface area contributed by atoms with Gasteiger partial charge in [0.1, 0.15) is 5.58 Å². The van der Waals surface area contributed by atoms with Crippen LogP contribution in [-0.2, 0) is 37.1 Å². The molecule has 6 nitrogen and oxygen atoms in total. The Balaban J connectivity index is 1.47. The van der Waals surface area contributed by atoms with Crippen LogP contribution in [-0.4, -0.2) is 20.7 Å². The number of amides is 1. The lowest BCUT2D eigenvalue weighted by atomic mass is 10.0. The third-order valence-electron chi connectivity index (χ3n) is 4.82. The SMILES string of the molecule is CCn1c(CNC(=O)Cc2coc3cc4c(cc23)CCC4)n[nH]c1=S. The smallest absolute Gasteiger partial charge is 0.224 e. The highest BCUT2D eigenvalue weighted by atomic mass is 32.1. The maximum Gasteiger partial charge on any atom is 0.224 e. The van der Waals surface area contributed by atoms with Gasteiger partial charge in [-0.1, -0.05) is 0 Å². The maximum absolute atomic E-state index is 12.3.